The Morgan fingerprint density at radius 1 is 1.36 bits per heavy atom. The summed E-state index contributed by atoms with van der Waals surface area (Å²) in [6.45, 7) is 0. The van der Waals surface area contributed by atoms with E-state index in [9.17, 15) is 4.39 Å². The molecular formula is C9H7FS. The topological polar surface area (TPSA) is 0 Å². The molecule has 0 spiro atoms. The molecule has 0 aliphatic rings. The average molecular weight is 166 g/mol. The zero-order chi connectivity index (χ0) is 8.10. The van der Waals surface area contributed by atoms with E-state index in [2.05, 4.69) is 24.5 Å². The van der Waals surface area contributed by atoms with E-state index in [0.29, 0.717) is 11.3 Å². The van der Waals surface area contributed by atoms with Crippen LogP contribution in [0.1, 0.15) is 5.56 Å². The summed E-state index contributed by atoms with van der Waals surface area (Å²) in [7, 11) is 0. The van der Waals surface area contributed by atoms with Gasteiger partial charge in [0.05, 0.1) is 11.3 Å². The van der Waals surface area contributed by atoms with E-state index in [0.717, 1.165) is 0 Å². The molecule has 0 atom stereocenters. The third-order valence-corrected chi connectivity index (χ3v) is 1.33. The Kier molecular flexibility index (Phi) is 3.00. The molecule has 11 heavy (non-hydrogen) atoms. The summed E-state index contributed by atoms with van der Waals surface area (Å²) in [5.74, 6) is 5.52. The van der Waals surface area contributed by atoms with Gasteiger partial charge in [-0.2, -0.15) is 12.6 Å². The van der Waals surface area contributed by atoms with Gasteiger partial charge in [-0.3, -0.25) is 0 Å². The van der Waals surface area contributed by atoms with E-state index in [-0.39, 0.29) is 5.82 Å². The molecule has 0 unspecified atom stereocenters. The number of hydrogen-bond donors (Lipinski definition) is 1. The Morgan fingerprint density at radius 3 is 2.73 bits per heavy atom. The summed E-state index contributed by atoms with van der Waals surface area (Å²) in [5, 5.41) is 0. The lowest BCUT2D eigenvalue weighted by Gasteiger charge is -1.89. The SMILES string of the molecule is Fc1ccccc1C#CCS. The Bertz CT molecular complexity index is 296. The van der Waals surface area contributed by atoms with Crippen LogP contribution in [0.4, 0.5) is 4.39 Å². The van der Waals surface area contributed by atoms with Crippen LogP contribution in [0.5, 0.6) is 0 Å². The second-order valence-corrected chi connectivity index (χ2v) is 2.26. The minimum absolute atomic E-state index is 0.276. The highest BCUT2D eigenvalue weighted by atomic mass is 32.1. The van der Waals surface area contributed by atoms with Crippen LogP contribution in [0.3, 0.4) is 0 Å². The van der Waals surface area contributed by atoms with Gasteiger partial charge in [0.15, 0.2) is 0 Å². The van der Waals surface area contributed by atoms with Crippen LogP contribution in [0.25, 0.3) is 0 Å². The molecule has 56 valence electrons. The molecule has 0 saturated heterocycles. The van der Waals surface area contributed by atoms with Gasteiger partial charge in [-0.15, -0.1) is 0 Å². The molecule has 1 rings (SSSR count). The van der Waals surface area contributed by atoms with Crippen molar-refractivity contribution < 1.29 is 4.39 Å². The van der Waals surface area contributed by atoms with Crippen LogP contribution in [0.15, 0.2) is 24.3 Å². The first-order valence-corrected chi connectivity index (χ1v) is 3.82. The van der Waals surface area contributed by atoms with Gasteiger partial charge < -0.3 is 0 Å². The molecule has 2 heteroatoms. The Hall–Kier alpha value is -0.940. The van der Waals surface area contributed by atoms with E-state index >= 15 is 0 Å². The first-order valence-electron chi connectivity index (χ1n) is 3.19. The van der Waals surface area contributed by atoms with Gasteiger partial charge in [0.2, 0.25) is 0 Å². The fraction of sp³-hybridized carbons (Fsp3) is 0.111. The van der Waals surface area contributed by atoms with Gasteiger partial charge in [0, 0.05) is 0 Å². The second kappa shape index (κ2) is 4.05. The normalized spacial score (nSPS) is 8.55. The van der Waals surface area contributed by atoms with Crippen molar-refractivity contribution in [2.75, 3.05) is 5.75 Å². The molecule has 0 aliphatic heterocycles. The maximum atomic E-state index is 12.8. The number of hydrogen-bond acceptors (Lipinski definition) is 1. The quantitative estimate of drug-likeness (QED) is 0.443. The van der Waals surface area contributed by atoms with Crippen LogP contribution in [-0.4, -0.2) is 5.75 Å². The van der Waals surface area contributed by atoms with Crippen molar-refractivity contribution in [2.24, 2.45) is 0 Å². The minimum atomic E-state index is -0.276. The molecule has 1 aromatic carbocycles. The number of benzene rings is 1. The lowest BCUT2D eigenvalue weighted by atomic mass is 10.2. The fourth-order valence-corrected chi connectivity index (χ4v) is 0.776. The van der Waals surface area contributed by atoms with Crippen LogP contribution in [0.2, 0.25) is 0 Å². The molecule has 0 N–H and O–H groups in total. The third-order valence-electron chi connectivity index (χ3n) is 1.18. The highest BCUT2D eigenvalue weighted by Crippen LogP contribution is 2.03. The third kappa shape index (κ3) is 2.28. The summed E-state index contributed by atoms with van der Waals surface area (Å²) in [6, 6.07) is 6.43. The predicted molar refractivity (Wildman–Crippen MR) is 47.1 cm³/mol. The smallest absolute Gasteiger partial charge is 0.138 e. The second-order valence-electron chi connectivity index (χ2n) is 1.94. The molecule has 0 aromatic heterocycles. The first kappa shape index (κ1) is 8.16. The lowest BCUT2D eigenvalue weighted by molar-refractivity contribution is 0.624. The molecule has 0 nitrogen and oxygen atoms in total. The van der Waals surface area contributed by atoms with Gasteiger partial charge in [-0.25, -0.2) is 4.39 Å². The largest absolute Gasteiger partial charge is 0.206 e. The summed E-state index contributed by atoms with van der Waals surface area (Å²) in [4.78, 5) is 0. The molecule has 0 amide bonds. The zero-order valence-electron chi connectivity index (χ0n) is 5.84. The molecule has 0 heterocycles. The Labute approximate surface area is 70.8 Å². The molecule has 0 fully saturated rings. The van der Waals surface area contributed by atoms with Gasteiger partial charge in [-0.1, -0.05) is 24.0 Å². The number of halogens is 1. The van der Waals surface area contributed by atoms with E-state index in [1.165, 1.54) is 6.07 Å². The predicted octanol–water partition coefficient (Wildman–Crippen LogP) is 2.11. The molecule has 1 aromatic rings. The Balaban J connectivity index is 2.95. The molecule has 0 bridgehead atoms. The number of thiol groups is 1. The van der Waals surface area contributed by atoms with Crippen molar-refractivity contribution in [3.05, 3.63) is 35.6 Å². The summed E-state index contributed by atoms with van der Waals surface area (Å²) in [6.07, 6.45) is 0. The van der Waals surface area contributed by atoms with Crippen molar-refractivity contribution >= 4 is 12.6 Å². The van der Waals surface area contributed by atoms with Crippen molar-refractivity contribution in [2.45, 2.75) is 0 Å². The summed E-state index contributed by atoms with van der Waals surface area (Å²) in [5.41, 5.74) is 0.432. The van der Waals surface area contributed by atoms with Crippen LogP contribution >= 0.6 is 12.6 Å². The van der Waals surface area contributed by atoms with Gasteiger partial charge >= 0.3 is 0 Å². The van der Waals surface area contributed by atoms with E-state index < -0.39 is 0 Å². The monoisotopic (exact) mass is 166 g/mol. The molecule has 0 radical (unpaired) electrons. The van der Waals surface area contributed by atoms with Crippen LogP contribution < -0.4 is 0 Å². The summed E-state index contributed by atoms with van der Waals surface area (Å²) >= 11 is 3.89. The van der Waals surface area contributed by atoms with Crippen LogP contribution in [0, 0.1) is 17.7 Å². The highest BCUT2D eigenvalue weighted by Gasteiger charge is 1.93. The van der Waals surface area contributed by atoms with Gasteiger partial charge in [0.25, 0.3) is 0 Å². The fourth-order valence-electron chi connectivity index (χ4n) is 0.697. The van der Waals surface area contributed by atoms with Gasteiger partial charge in [0.1, 0.15) is 5.82 Å². The maximum Gasteiger partial charge on any atom is 0.138 e. The average Bonchev–Trinajstić information content (AvgIpc) is 2.03. The van der Waals surface area contributed by atoms with Crippen molar-refractivity contribution in [3.8, 4) is 11.8 Å². The first-order chi connectivity index (χ1) is 5.34. The van der Waals surface area contributed by atoms with Crippen molar-refractivity contribution in [1.82, 2.24) is 0 Å². The molecule has 0 saturated carbocycles. The van der Waals surface area contributed by atoms with E-state index in [1.54, 1.807) is 18.2 Å². The Morgan fingerprint density at radius 2 is 2.09 bits per heavy atom. The molecule has 0 aliphatic carbocycles. The maximum absolute atomic E-state index is 12.8. The van der Waals surface area contributed by atoms with E-state index in [4.69, 9.17) is 0 Å². The van der Waals surface area contributed by atoms with Crippen molar-refractivity contribution in [3.63, 3.8) is 0 Å². The minimum Gasteiger partial charge on any atom is -0.206 e. The van der Waals surface area contributed by atoms with E-state index in [1.807, 2.05) is 0 Å². The standard InChI is InChI=1S/C9H7FS/c10-9-6-2-1-4-8(9)5-3-7-11/h1-2,4,6,11H,7H2. The summed E-state index contributed by atoms with van der Waals surface area (Å²) < 4.78 is 12.8. The lowest BCUT2D eigenvalue weighted by Crippen LogP contribution is -1.80. The van der Waals surface area contributed by atoms with Gasteiger partial charge in [-0.05, 0) is 12.1 Å². The molecular weight excluding hydrogens is 159 g/mol. The van der Waals surface area contributed by atoms with Crippen molar-refractivity contribution in [1.29, 1.82) is 0 Å². The number of rotatable bonds is 0. The zero-order valence-corrected chi connectivity index (χ0v) is 6.74. The highest BCUT2D eigenvalue weighted by molar-refractivity contribution is 7.80. The van der Waals surface area contributed by atoms with Crippen LogP contribution in [-0.2, 0) is 0 Å².